The molecule has 0 amide bonds. The van der Waals surface area contributed by atoms with E-state index < -0.39 is 5.97 Å². The summed E-state index contributed by atoms with van der Waals surface area (Å²) in [6.45, 7) is 0. The first kappa shape index (κ1) is 19.3. The molecule has 0 aliphatic heterocycles. The van der Waals surface area contributed by atoms with E-state index in [-0.39, 0.29) is 0 Å². The average molecular weight is 431 g/mol. The first-order chi connectivity index (χ1) is 14.9. The molecule has 0 radical (unpaired) electrons. The molecule has 6 nitrogen and oxygen atoms in total. The van der Waals surface area contributed by atoms with Gasteiger partial charge < -0.3 is 10.0 Å². The van der Waals surface area contributed by atoms with Crippen molar-refractivity contribution in [3.8, 4) is 0 Å². The first-order valence-electron chi connectivity index (χ1n) is 9.81. The molecule has 0 spiro atoms. The third-order valence-corrected chi connectivity index (χ3v) is 5.94. The number of aromatic carboxylic acids is 1. The number of carbonyl (C=O) groups is 1. The molecule has 1 aliphatic rings. The lowest BCUT2D eigenvalue weighted by atomic mass is 10.0. The van der Waals surface area contributed by atoms with Gasteiger partial charge in [-0.2, -0.15) is 5.10 Å². The zero-order valence-electron chi connectivity index (χ0n) is 17.0. The molecule has 0 bridgehead atoms. The summed E-state index contributed by atoms with van der Waals surface area (Å²) < 4.78 is 1.86. The summed E-state index contributed by atoms with van der Waals surface area (Å²) in [7, 11) is 3.90. The Hall–Kier alpha value is -3.64. The molecule has 0 unspecified atom stereocenters. The highest BCUT2D eigenvalue weighted by atomic mass is 35.5. The molecule has 31 heavy (non-hydrogen) atoms. The number of hydrogen-bond donors (Lipinski definition) is 1. The predicted octanol–water partition coefficient (Wildman–Crippen LogP) is 5.18. The first-order valence-corrected chi connectivity index (χ1v) is 10.2. The Morgan fingerprint density at radius 3 is 2.77 bits per heavy atom. The molecule has 1 aliphatic carbocycles. The summed E-state index contributed by atoms with van der Waals surface area (Å²) in [5, 5.41) is 16.0. The van der Waals surface area contributed by atoms with E-state index in [9.17, 15) is 9.90 Å². The Kier molecular flexibility index (Phi) is 4.52. The molecular formula is C24H19ClN4O2. The van der Waals surface area contributed by atoms with Crippen LogP contribution in [0.2, 0.25) is 5.02 Å². The average Bonchev–Trinajstić information content (AvgIpc) is 3.32. The van der Waals surface area contributed by atoms with Gasteiger partial charge in [-0.05, 0) is 47.5 Å². The van der Waals surface area contributed by atoms with Crippen molar-refractivity contribution >= 4 is 51.5 Å². The van der Waals surface area contributed by atoms with E-state index in [1.807, 2.05) is 67.3 Å². The van der Waals surface area contributed by atoms with Crippen LogP contribution in [0, 0.1) is 0 Å². The van der Waals surface area contributed by atoms with Crippen molar-refractivity contribution in [2.24, 2.45) is 7.05 Å². The van der Waals surface area contributed by atoms with Crippen LogP contribution in [0.3, 0.4) is 0 Å². The fourth-order valence-corrected chi connectivity index (χ4v) is 4.44. The zero-order valence-corrected chi connectivity index (χ0v) is 17.8. The Labute approximate surface area is 184 Å². The highest BCUT2D eigenvalue weighted by Gasteiger charge is 2.25. The van der Waals surface area contributed by atoms with E-state index in [4.69, 9.17) is 16.7 Å². The normalized spacial score (nSPS) is 12.7. The number of rotatable bonds is 4. The Balaban J connectivity index is 1.61. The number of nitrogens with zero attached hydrogens (tertiary/aromatic N) is 4. The molecular weight excluding hydrogens is 412 g/mol. The highest BCUT2D eigenvalue weighted by molar-refractivity contribution is 6.30. The summed E-state index contributed by atoms with van der Waals surface area (Å²) in [5.74, 6) is -0.936. The van der Waals surface area contributed by atoms with Crippen molar-refractivity contribution in [1.29, 1.82) is 0 Å². The number of anilines is 2. The maximum absolute atomic E-state index is 11.6. The Bertz CT molecular complexity index is 1390. The van der Waals surface area contributed by atoms with Gasteiger partial charge in [0, 0.05) is 42.8 Å². The summed E-state index contributed by atoms with van der Waals surface area (Å²) in [5.41, 5.74) is 6.50. The number of fused-ring (bicyclic) bond motifs is 2. The van der Waals surface area contributed by atoms with Crippen LogP contribution in [0.25, 0.3) is 22.6 Å². The molecule has 7 heteroatoms. The van der Waals surface area contributed by atoms with Crippen LogP contribution in [0.15, 0.2) is 54.7 Å². The number of pyridine rings is 1. The van der Waals surface area contributed by atoms with Crippen molar-refractivity contribution in [3.05, 3.63) is 82.3 Å². The van der Waals surface area contributed by atoms with E-state index in [0.717, 1.165) is 39.1 Å². The number of aryl methyl sites for hydroxylation is 1. The number of allylic oxidation sites excluding steroid dienone is 1. The molecule has 0 atom stereocenters. The van der Waals surface area contributed by atoms with Crippen molar-refractivity contribution in [3.63, 3.8) is 0 Å². The number of aromatic nitrogens is 3. The van der Waals surface area contributed by atoms with E-state index in [1.165, 1.54) is 0 Å². The SMILES string of the molecule is CN(c1cccc(Cl)c1)c1cccc2c(C3=Cc4nccc(C(=O)O)c4C3)n(C)nc12. The number of hydrogen-bond acceptors (Lipinski definition) is 4. The number of halogens is 1. The minimum atomic E-state index is -0.936. The minimum absolute atomic E-state index is 0.295. The Morgan fingerprint density at radius 2 is 2.00 bits per heavy atom. The van der Waals surface area contributed by atoms with Crippen LogP contribution < -0.4 is 4.90 Å². The maximum Gasteiger partial charge on any atom is 0.336 e. The van der Waals surface area contributed by atoms with Crippen molar-refractivity contribution in [2.75, 3.05) is 11.9 Å². The van der Waals surface area contributed by atoms with Gasteiger partial charge in [0.15, 0.2) is 0 Å². The third-order valence-electron chi connectivity index (χ3n) is 5.70. The largest absolute Gasteiger partial charge is 0.478 e. The minimum Gasteiger partial charge on any atom is -0.478 e. The fraction of sp³-hybridized carbons (Fsp3) is 0.125. The Morgan fingerprint density at radius 1 is 1.19 bits per heavy atom. The monoisotopic (exact) mass is 430 g/mol. The van der Waals surface area contributed by atoms with Gasteiger partial charge in [-0.25, -0.2) is 4.79 Å². The second-order valence-electron chi connectivity index (χ2n) is 7.56. The number of carboxylic acid groups (broad SMARTS) is 1. The van der Waals surface area contributed by atoms with Crippen LogP contribution in [0.4, 0.5) is 11.4 Å². The maximum atomic E-state index is 11.6. The smallest absolute Gasteiger partial charge is 0.336 e. The van der Waals surface area contributed by atoms with Gasteiger partial charge in [0.25, 0.3) is 0 Å². The molecule has 1 N–H and O–H groups in total. The predicted molar refractivity (Wildman–Crippen MR) is 123 cm³/mol. The summed E-state index contributed by atoms with van der Waals surface area (Å²) in [6.07, 6.45) is 4.01. The summed E-state index contributed by atoms with van der Waals surface area (Å²) in [4.78, 5) is 18.1. The van der Waals surface area contributed by atoms with E-state index in [2.05, 4.69) is 9.88 Å². The van der Waals surface area contributed by atoms with Crippen LogP contribution in [0.5, 0.6) is 0 Å². The zero-order chi connectivity index (χ0) is 21.7. The van der Waals surface area contributed by atoms with Gasteiger partial charge in [0.05, 0.1) is 22.6 Å². The number of carboxylic acids is 1. The molecule has 4 aromatic rings. The van der Waals surface area contributed by atoms with E-state index >= 15 is 0 Å². The molecule has 0 fully saturated rings. The highest BCUT2D eigenvalue weighted by Crippen LogP contribution is 2.38. The van der Waals surface area contributed by atoms with Crippen LogP contribution in [-0.4, -0.2) is 32.9 Å². The lowest BCUT2D eigenvalue weighted by Gasteiger charge is -2.20. The van der Waals surface area contributed by atoms with Crippen LogP contribution >= 0.6 is 11.6 Å². The van der Waals surface area contributed by atoms with Gasteiger partial charge in [-0.1, -0.05) is 29.8 Å². The molecule has 2 aromatic heterocycles. The van der Waals surface area contributed by atoms with Crippen LogP contribution in [0.1, 0.15) is 27.3 Å². The van der Waals surface area contributed by atoms with Crippen molar-refractivity contribution in [1.82, 2.24) is 14.8 Å². The fourth-order valence-electron chi connectivity index (χ4n) is 4.25. The molecule has 2 heterocycles. The standard InChI is InChI=1S/C24H19ClN4O2/c1-28(16-6-3-5-15(25)13-16)21-8-4-7-18-22(21)27-29(2)23(18)14-11-19-17(24(30)31)9-10-26-20(19)12-14/h3-10,12-13H,11H2,1-2H3,(H,30,31). The van der Waals surface area contributed by atoms with Crippen molar-refractivity contribution in [2.45, 2.75) is 6.42 Å². The molecule has 5 rings (SSSR count). The van der Waals surface area contributed by atoms with E-state index in [0.29, 0.717) is 22.7 Å². The molecule has 154 valence electrons. The molecule has 0 saturated carbocycles. The van der Waals surface area contributed by atoms with Gasteiger partial charge in [0.1, 0.15) is 5.52 Å². The molecule has 0 saturated heterocycles. The summed E-state index contributed by atoms with van der Waals surface area (Å²) in [6, 6.07) is 15.3. The lowest BCUT2D eigenvalue weighted by Crippen LogP contribution is -2.09. The van der Waals surface area contributed by atoms with Gasteiger partial charge in [-0.3, -0.25) is 9.67 Å². The van der Waals surface area contributed by atoms with Crippen molar-refractivity contribution < 1.29 is 9.90 Å². The molecule has 2 aromatic carbocycles. The lowest BCUT2D eigenvalue weighted by molar-refractivity contribution is 0.0695. The third kappa shape index (κ3) is 3.16. The van der Waals surface area contributed by atoms with Gasteiger partial charge in [0.2, 0.25) is 0 Å². The van der Waals surface area contributed by atoms with E-state index in [1.54, 1.807) is 12.3 Å². The second-order valence-corrected chi connectivity index (χ2v) is 7.99. The number of benzene rings is 2. The quantitative estimate of drug-likeness (QED) is 0.482. The topological polar surface area (TPSA) is 71.2 Å². The van der Waals surface area contributed by atoms with Gasteiger partial charge >= 0.3 is 5.97 Å². The second kappa shape index (κ2) is 7.25. The summed E-state index contributed by atoms with van der Waals surface area (Å²) >= 11 is 6.19. The van der Waals surface area contributed by atoms with Gasteiger partial charge in [-0.15, -0.1) is 0 Å². The van der Waals surface area contributed by atoms with Crippen LogP contribution in [-0.2, 0) is 13.5 Å².